The molecule has 5 nitrogen and oxygen atoms in total. The number of amides is 1. The molecule has 0 N–H and O–H groups in total. The van der Waals surface area contributed by atoms with Crippen LogP contribution in [0, 0.1) is 0 Å². The maximum atomic E-state index is 12.4. The largest absolute Gasteiger partial charge is 0.311 e. The van der Waals surface area contributed by atoms with E-state index in [4.69, 9.17) is 17.1 Å². The molecule has 0 aliphatic carbocycles. The molecular weight excluding hydrogens is 252 g/mol. The normalized spacial score (nSPS) is 23.6. The lowest BCUT2D eigenvalue weighted by molar-refractivity contribution is -0.122. The van der Waals surface area contributed by atoms with E-state index in [0.717, 1.165) is 12.1 Å². The number of alkyl halides is 1. The van der Waals surface area contributed by atoms with Gasteiger partial charge >= 0.3 is 0 Å². The Labute approximate surface area is 110 Å². The summed E-state index contributed by atoms with van der Waals surface area (Å²) in [5.74, 6) is -0.186. The van der Waals surface area contributed by atoms with Gasteiger partial charge in [0.05, 0.1) is 6.54 Å². The van der Waals surface area contributed by atoms with Gasteiger partial charge in [0.25, 0.3) is 0 Å². The highest BCUT2D eigenvalue weighted by Crippen LogP contribution is 2.32. The van der Waals surface area contributed by atoms with Crippen LogP contribution in [0.3, 0.4) is 0 Å². The Kier molecular flexibility index (Phi) is 3.75. The molecule has 0 spiro atoms. The third kappa shape index (κ3) is 2.42. The number of benzene rings is 1. The number of nitrogens with zero attached hydrogens (tertiary/aromatic N) is 4. The van der Waals surface area contributed by atoms with E-state index in [1.807, 2.05) is 30.3 Å². The highest BCUT2D eigenvalue weighted by molar-refractivity contribution is 6.37. The molecule has 1 unspecified atom stereocenters. The fourth-order valence-electron chi connectivity index (χ4n) is 2.11. The van der Waals surface area contributed by atoms with Crippen molar-refractivity contribution >= 4 is 23.2 Å². The minimum atomic E-state index is -1.10. The summed E-state index contributed by atoms with van der Waals surface area (Å²) in [6.45, 7) is 0.640. The van der Waals surface area contributed by atoms with E-state index in [9.17, 15) is 4.79 Å². The van der Waals surface area contributed by atoms with E-state index >= 15 is 0 Å². The van der Waals surface area contributed by atoms with E-state index in [2.05, 4.69) is 10.0 Å². The van der Waals surface area contributed by atoms with Crippen LogP contribution in [0.15, 0.2) is 35.4 Å². The summed E-state index contributed by atoms with van der Waals surface area (Å²) in [4.78, 5) is 15.6. The maximum Gasteiger partial charge on any atom is 0.248 e. The molecule has 0 bridgehead atoms. The SMILES string of the molecule is [N-]=[N+]=NCC1(Cl)CCCN(c2ccccc2)C1=O. The molecule has 1 atom stereocenters. The molecule has 1 saturated heterocycles. The van der Waals surface area contributed by atoms with Crippen LogP contribution in [0.2, 0.25) is 0 Å². The number of piperidine rings is 1. The summed E-state index contributed by atoms with van der Waals surface area (Å²) in [5.41, 5.74) is 9.18. The van der Waals surface area contributed by atoms with Gasteiger partial charge in [-0.2, -0.15) is 0 Å². The Bertz CT molecular complexity index is 486. The van der Waals surface area contributed by atoms with Gasteiger partial charge in [-0.3, -0.25) is 4.79 Å². The summed E-state index contributed by atoms with van der Waals surface area (Å²) in [7, 11) is 0. The number of azide groups is 1. The standard InChI is InChI=1S/C12H13ClN4O/c13-12(9-15-16-14)7-4-8-17(11(12)18)10-5-2-1-3-6-10/h1-3,5-6H,4,7-9H2. The zero-order chi connectivity index (χ0) is 13.0. The van der Waals surface area contributed by atoms with Crippen LogP contribution < -0.4 is 4.90 Å². The third-order valence-corrected chi connectivity index (χ3v) is 3.51. The van der Waals surface area contributed by atoms with Crippen LogP contribution in [0.1, 0.15) is 12.8 Å². The Morgan fingerprint density at radius 3 is 2.83 bits per heavy atom. The van der Waals surface area contributed by atoms with Gasteiger partial charge in [0.15, 0.2) is 0 Å². The summed E-state index contributed by atoms with van der Waals surface area (Å²) in [6, 6.07) is 9.38. The first-order valence-electron chi connectivity index (χ1n) is 5.74. The molecule has 1 aliphatic rings. The van der Waals surface area contributed by atoms with E-state index < -0.39 is 4.87 Å². The van der Waals surface area contributed by atoms with Crippen LogP contribution in [-0.2, 0) is 4.79 Å². The molecule has 0 saturated carbocycles. The smallest absolute Gasteiger partial charge is 0.248 e. The van der Waals surface area contributed by atoms with Crippen LogP contribution in [-0.4, -0.2) is 23.9 Å². The lowest BCUT2D eigenvalue weighted by Gasteiger charge is -2.36. The second-order valence-corrected chi connectivity index (χ2v) is 4.97. The van der Waals surface area contributed by atoms with E-state index in [1.165, 1.54) is 0 Å². The molecule has 1 aliphatic heterocycles. The molecule has 2 rings (SSSR count). The predicted octanol–water partition coefficient (Wildman–Crippen LogP) is 3.10. The fraction of sp³-hybridized carbons (Fsp3) is 0.417. The average Bonchev–Trinajstić information content (AvgIpc) is 2.41. The Morgan fingerprint density at radius 2 is 2.17 bits per heavy atom. The number of carbonyl (C=O) groups is 1. The molecule has 6 heteroatoms. The second kappa shape index (κ2) is 5.29. The van der Waals surface area contributed by atoms with Gasteiger partial charge in [0.2, 0.25) is 5.91 Å². The molecule has 0 radical (unpaired) electrons. The molecule has 94 valence electrons. The van der Waals surface area contributed by atoms with Gasteiger partial charge in [-0.05, 0) is 30.5 Å². The van der Waals surface area contributed by atoms with E-state index in [0.29, 0.717) is 13.0 Å². The molecule has 1 amide bonds. The van der Waals surface area contributed by atoms with Crippen molar-refractivity contribution in [2.45, 2.75) is 17.7 Å². The van der Waals surface area contributed by atoms with Crippen LogP contribution in [0.5, 0.6) is 0 Å². The summed E-state index contributed by atoms with van der Waals surface area (Å²) in [6.07, 6.45) is 1.33. The summed E-state index contributed by atoms with van der Waals surface area (Å²) in [5, 5.41) is 3.45. The second-order valence-electron chi connectivity index (χ2n) is 4.25. The first kappa shape index (κ1) is 12.7. The molecule has 1 fully saturated rings. The van der Waals surface area contributed by atoms with Crippen LogP contribution in [0.25, 0.3) is 10.4 Å². The van der Waals surface area contributed by atoms with E-state index in [-0.39, 0.29) is 12.5 Å². The number of hydrogen-bond donors (Lipinski definition) is 0. The quantitative estimate of drug-likeness (QED) is 0.358. The Morgan fingerprint density at radius 1 is 1.44 bits per heavy atom. The molecule has 1 aromatic carbocycles. The molecule has 0 aromatic heterocycles. The Hall–Kier alpha value is -1.71. The first-order chi connectivity index (χ1) is 8.67. The van der Waals surface area contributed by atoms with Crippen molar-refractivity contribution in [3.63, 3.8) is 0 Å². The number of anilines is 1. The van der Waals surface area contributed by atoms with Crippen LogP contribution >= 0.6 is 11.6 Å². The number of hydrogen-bond acceptors (Lipinski definition) is 2. The maximum absolute atomic E-state index is 12.4. The lowest BCUT2D eigenvalue weighted by Crippen LogP contribution is -2.52. The van der Waals surface area contributed by atoms with Crippen molar-refractivity contribution in [3.05, 3.63) is 40.8 Å². The molecule has 1 heterocycles. The zero-order valence-electron chi connectivity index (χ0n) is 9.79. The number of halogens is 1. The first-order valence-corrected chi connectivity index (χ1v) is 6.12. The Balaban J connectivity index is 2.24. The minimum absolute atomic E-state index is 0.00672. The fourth-order valence-corrected chi connectivity index (χ4v) is 2.40. The number of rotatable bonds is 3. The minimum Gasteiger partial charge on any atom is -0.311 e. The summed E-state index contributed by atoms with van der Waals surface area (Å²) >= 11 is 6.29. The number of carbonyl (C=O) groups excluding carboxylic acids is 1. The third-order valence-electron chi connectivity index (χ3n) is 3.04. The van der Waals surface area contributed by atoms with Gasteiger partial charge < -0.3 is 4.90 Å². The predicted molar refractivity (Wildman–Crippen MR) is 70.6 cm³/mol. The van der Waals surface area contributed by atoms with Gasteiger partial charge in [0.1, 0.15) is 4.87 Å². The summed E-state index contributed by atoms with van der Waals surface area (Å²) < 4.78 is 0. The van der Waals surface area contributed by atoms with Gasteiger partial charge in [0, 0.05) is 17.1 Å². The van der Waals surface area contributed by atoms with Crippen molar-refractivity contribution in [1.29, 1.82) is 0 Å². The van der Waals surface area contributed by atoms with Crippen molar-refractivity contribution in [2.75, 3.05) is 18.0 Å². The topological polar surface area (TPSA) is 69.1 Å². The van der Waals surface area contributed by atoms with Crippen LogP contribution in [0.4, 0.5) is 5.69 Å². The molecule has 1 aromatic rings. The van der Waals surface area contributed by atoms with Gasteiger partial charge in [-0.25, -0.2) is 0 Å². The lowest BCUT2D eigenvalue weighted by atomic mass is 9.95. The monoisotopic (exact) mass is 264 g/mol. The van der Waals surface area contributed by atoms with Crippen molar-refractivity contribution in [3.8, 4) is 0 Å². The van der Waals surface area contributed by atoms with Gasteiger partial charge in [-0.15, -0.1) is 11.6 Å². The average molecular weight is 265 g/mol. The van der Waals surface area contributed by atoms with Crippen molar-refractivity contribution in [2.24, 2.45) is 5.11 Å². The van der Waals surface area contributed by atoms with E-state index in [1.54, 1.807) is 4.90 Å². The molecule has 18 heavy (non-hydrogen) atoms. The van der Waals surface area contributed by atoms with Crippen molar-refractivity contribution in [1.82, 2.24) is 0 Å². The van der Waals surface area contributed by atoms with Gasteiger partial charge in [-0.1, -0.05) is 23.3 Å². The van der Waals surface area contributed by atoms with Crippen molar-refractivity contribution < 1.29 is 4.79 Å². The highest BCUT2D eigenvalue weighted by Gasteiger charge is 2.42. The molecular formula is C12H13ClN4O. The number of para-hydroxylation sites is 1. The highest BCUT2D eigenvalue weighted by atomic mass is 35.5. The zero-order valence-corrected chi connectivity index (χ0v) is 10.5.